The van der Waals surface area contributed by atoms with Gasteiger partial charge in [0.05, 0.1) is 5.54 Å². The molecule has 0 atom stereocenters. The van der Waals surface area contributed by atoms with Crippen molar-refractivity contribution in [3.63, 3.8) is 0 Å². The molecule has 0 spiro atoms. The molecule has 1 heterocycles. The third kappa shape index (κ3) is 2.42. The van der Waals surface area contributed by atoms with Crippen LogP contribution < -0.4 is 0 Å². The zero-order chi connectivity index (χ0) is 14.0. The summed E-state index contributed by atoms with van der Waals surface area (Å²) in [5.74, 6) is 0.372. The molecular weight excluding hydrogens is 246 g/mol. The quantitative estimate of drug-likeness (QED) is 0.775. The molecule has 3 rings (SSSR count). The lowest BCUT2D eigenvalue weighted by atomic mass is 9.84. The summed E-state index contributed by atoms with van der Waals surface area (Å²) in [6.45, 7) is 4.29. The molecule has 0 radical (unpaired) electrons. The first-order chi connectivity index (χ1) is 9.72. The van der Waals surface area contributed by atoms with Crippen LogP contribution in [0.3, 0.4) is 0 Å². The minimum Gasteiger partial charge on any atom is -0.292 e. The minimum atomic E-state index is -0.185. The third-order valence-corrected chi connectivity index (χ3v) is 5.13. The average molecular weight is 271 g/mol. The molecule has 0 amide bonds. The Morgan fingerprint density at radius 2 is 1.55 bits per heavy atom. The molecule has 108 valence electrons. The molecular formula is C18H25NO. The van der Waals surface area contributed by atoms with E-state index in [2.05, 4.69) is 24.0 Å². The number of ketones is 1. The largest absolute Gasteiger partial charge is 0.292 e. The van der Waals surface area contributed by atoms with E-state index in [-0.39, 0.29) is 5.54 Å². The van der Waals surface area contributed by atoms with Crippen LogP contribution in [0.5, 0.6) is 0 Å². The summed E-state index contributed by atoms with van der Waals surface area (Å²) < 4.78 is 0. The van der Waals surface area contributed by atoms with E-state index in [0.717, 1.165) is 31.5 Å². The Bertz CT molecular complexity index is 465. The van der Waals surface area contributed by atoms with Gasteiger partial charge in [-0.2, -0.15) is 0 Å². The fourth-order valence-corrected chi connectivity index (χ4v) is 3.94. The SMILES string of the molecule is Cc1ccc(C(=O)C2(N3CCCCC3)CCCC2)cc1. The molecule has 0 unspecified atom stereocenters. The van der Waals surface area contributed by atoms with Crippen LogP contribution in [-0.2, 0) is 0 Å². The molecule has 20 heavy (non-hydrogen) atoms. The van der Waals surface area contributed by atoms with Crippen LogP contribution in [-0.4, -0.2) is 29.3 Å². The lowest BCUT2D eigenvalue weighted by Crippen LogP contribution is -2.54. The number of carbonyl (C=O) groups is 1. The van der Waals surface area contributed by atoms with Gasteiger partial charge in [-0.3, -0.25) is 9.69 Å². The second kappa shape index (κ2) is 5.69. The number of carbonyl (C=O) groups excluding carboxylic acids is 1. The molecule has 1 aliphatic carbocycles. The summed E-state index contributed by atoms with van der Waals surface area (Å²) in [5, 5.41) is 0. The van der Waals surface area contributed by atoms with Crippen LogP contribution in [0.1, 0.15) is 60.9 Å². The lowest BCUT2D eigenvalue weighted by molar-refractivity contribution is 0.0477. The number of likely N-dealkylation sites (tertiary alicyclic amines) is 1. The van der Waals surface area contributed by atoms with Crippen LogP contribution >= 0.6 is 0 Å². The molecule has 0 aromatic heterocycles. The summed E-state index contributed by atoms with van der Waals surface area (Å²) in [7, 11) is 0. The number of hydrogen-bond donors (Lipinski definition) is 0. The van der Waals surface area contributed by atoms with Gasteiger partial charge in [0, 0.05) is 5.56 Å². The van der Waals surface area contributed by atoms with Gasteiger partial charge in [-0.05, 0) is 45.7 Å². The highest BCUT2D eigenvalue weighted by Gasteiger charge is 2.46. The van der Waals surface area contributed by atoms with Gasteiger partial charge in [-0.15, -0.1) is 0 Å². The Hall–Kier alpha value is -1.15. The minimum absolute atomic E-state index is 0.185. The van der Waals surface area contributed by atoms with Crippen LogP contribution in [0.4, 0.5) is 0 Å². The highest BCUT2D eigenvalue weighted by molar-refractivity contribution is 6.03. The van der Waals surface area contributed by atoms with E-state index in [1.54, 1.807) is 0 Å². The maximum Gasteiger partial charge on any atom is 0.183 e. The van der Waals surface area contributed by atoms with Crippen molar-refractivity contribution in [1.29, 1.82) is 0 Å². The molecule has 0 bridgehead atoms. The van der Waals surface area contributed by atoms with E-state index in [4.69, 9.17) is 0 Å². The van der Waals surface area contributed by atoms with Crippen molar-refractivity contribution in [2.24, 2.45) is 0 Å². The fourth-order valence-electron chi connectivity index (χ4n) is 3.94. The zero-order valence-corrected chi connectivity index (χ0v) is 12.5. The van der Waals surface area contributed by atoms with E-state index in [0.29, 0.717) is 5.78 Å². The first-order valence-electron chi connectivity index (χ1n) is 8.09. The van der Waals surface area contributed by atoms with Crippen molar-refractivity contribution in [2.45, 2.75) is 57.4 Å². The van der Waals surface area contributed by atoms with E-state index in [1.165, 1.54) is 37.7 Å². The highest BCUT2D eigenvalue weighted by Crippen LogP contribution is 2.39. The number of piperidine rings is 1. The van der Waals surface area contributed by atoms with Crippen LogP contribution in [0, 0.1) is 6.92 Å². The number of hydrogen-bond acceptors (Lipinski definition) is 2. The van der Waals surface area contributed by atoms with E-state index in [1.807, 2.05) is 12.1 Å². The van der Waals surface area contributed by atoms with Gasteiger partial charge in [0.15, 0.2) is 5.78 Å². The standard InChI is InChI=1S/C18H25NO/c1-15-7-9-16(10-8-15)17(20)18(11-3-4-12-18)19-13-5-2-6-14-19/h7-10H,2-6,11-14H2,1H3. The van der Waals surface area contributed by atoms with Gasteiger partial charge < -0.3 is 0 Å². The average Bonchev–Trinajstić information content (AvgIpc) is 2.99. The van der Waals surface area contributed by atoms with Crippen LogP contribution in [0.15, 0.2) is 24.3 Å². The van der Waals surface area contributed by atoms with Crippen molar-refractivity contribution in [2.75, 3.05) is 13.1 Å². The smallest absolute Gasteiger partial charge is 0.183 e. The fraction of sp³-hybridized carbons (Fsp3) is 0.611. The van der Waals surface area contributed by atoms with E-state index >= 15 is 0 Å². The predicted molar refractivity (Wildman–Crippen MR) is 82.1 cm³/mol. The van der Waals surface area contributed by atoms with Crippen molar-refractivity contribution in [3.8, 4) is 0 Å². The third-order valence-electron chi connectivity index (χ3n) is 5.13. The predicted octanol–water partition coefficient (Wildman–Crippen LogP) is 3.98. The number of Topliss-reactive ketones (excluding diaryl/α,β-unsaturated/α-hetero) is 1. The van der Waals surface area contributed by atoms with Crippen LogP contribution in [0.2, 0.25) is 0 Å². The van der Waals surface area contributed by atoms with Crippen molar-refractivity contribution < 1.29 is 4.79 Å². The number of rotatable bonds is 3. The van der Waals surface area contributed by atoms with Gasteiger partial charge in [0.2, 0.25) is 0 Å². The van der Waals surface area contributed by atoms with E-state index < -0.39 is 0 Å². The van der Waals surface area contributed by atoms with Gasteiger partial charge in [-0.1, -0.05) is 49.1 Å². The molecule has 1 aromatic rings. The highest BCUT2D eigenvalue weighted by atomic mass is 16.1. The molecule has 0 N–H and O–H groups in total. The number of nitrogens with zero attached hydrogens (tertiary/aromatic N) is 1. The maximum absolute atomic E-state index is 13.1. The first-order valence-corrected chi connectivity index (χ1v) is 8.09. The Morgan fingerprint density at radius 1 is 0.950 bits per heavy atom. The number of benzene rings is 1. The Morgan fingerprint density at radius 3 is 2.15 bits per heavy atom. The monoisotopic (exact) mass is 271 g/mol. The molecule has 2 heteroatoms. The first kappa shape index (κ1) is 13.8. The number of aryl methyl sites for hydroxylation is 1. The summed E-state index contributed by atoms with van der Waals surface area (Å²) in [4.78, 5) is 15.6. The van der Waals surface area contributed by atoms with Crippen molar-refractivity contribution in [1.82, 2.24) is 4.90 Å². The van der Waals surface area contributed by atoms with Gasteiger partial charge in [0.1, 0.15) is 0 Å². The Balaban J connectivity index is 1.89. The van der Waals surface area contributed by atoms with Crippen molar-refractivity contribution >= 4 is 5.78 Å². The second-order valence-electron chi connectivity index (χ2n) is 6.48. The van der Waals surface area contributed by atoms with Crippen molar-refractivity contribution in [3.05, 3.63) is 35.4 Å². The van der Waals surface area contributed by atoms with Gasteiger partial charge >= 0.3 is 0 Å². The van der Waals surface area contributed by atoms with Gasteiger partial charge in [-0.25, -0.2) is 0 Å². The topological polar surface area (TPSA) is 20.3 Å². The molecule has 2 aliphatic rings. The van der Waals surface area contributed by atoms with Gasteiger partial charge in [0.25, 0.3) is 0 Å². The lowest BCUT2D eigenvalue weighted by Gasteiger charge is -2.42. The molecule has 1 aliphatic heterocycles. The summed E-state index contributed by atoms with van der Waals surface area (Å²) >= 11 is 0. The molecule has 1 saturated carbocycles. The van der Waals surface area contributed by atoms with E-state index in [9.17, 15) is 4.79 Å². The molecule has 2 fully saturated rings. The Kier molecular flexibility index (Phi) is 3.93. The molecule has 1 saturated heterocycles. The second-order valence-corrected chi connectivity index (χ2v) is 6.48. The summed E-state index contributed by atoms with van der Waals surface area (Å²) in [6.07, 6.45) is 8.35. The van der Waals surface area contributed by atoms with Crippen LogP contribution in [0.25, 0.3) is 0 Å². The summed E-state index contributed by atoms with van der Waals surface area (Å²) in [6, 6.07) is 8.15. The maximum atomic E-state index is 13.1. The Labute approximate surface area is 122 Å². The molecule has 1 aromatic carbocycles. The molecule has 2 nitrogen and oxygen atoms in total. The zero-order valence-electron chi connectivity index (χ0n) is 12.5. The summed E-state index contributed by atoms with van der Waals surface area (Å²) in [5.41, 5.74) is 1.94. The normalized spacial score (nSPS) is 22.9.